The highest BCUT2D eigenvalue weighted by Gasteiger charge is 2.34. The molecule has 4 nitrogen and oxygen atoms in total. The number of hydrogen-bond donors (Lipinski definition) is 1. The SMILES string of the molecule is O=C(c1cc(Cl)ccc1-c1ccncc1)N1CCC(O)(Cc2ccccc2)CC1. The molecular formula is C24H23ClN2O2. The largest absolute Gasteiger partial charge is 0.389 e. The maximum absolute atomic E-state index is 13.3. The first-order chi connectivity index (χ1) is 14.0. The molecule has 0 radical (unpaired) electrons. The highest BCUT2D eigenvalue weighted by Crippen LogP contribution is 2.31. The van der Waals surface area contributed by atoms with E-state index in [2.05, 4.69) is 4.98 Å². The molecule has 0 aliphatic carbocycles. The van der Waals surface area contributed by atoms with Crippen molar-refractivity contribution < 1.29 is 9.90 Å². The molecule has 0 saturated carbocycles. The van der Waals surface area contributed by atoms with Crippen molar-refractivity contribution in [2.75, 3.05) is 13.1 Å². The van der Waals surface area contributed by atoms with Gasteiger partial charge in [-0.15, -0.1) is 0 Å². The van der Waals surface area contributed by atoms with Gasteiger partial charge in [-0.1, -0.05) is 48.0 Å². The standard InChI is InChI=1S/C24H23ClN2O2/c25-20-6-7-21(19-8-12-26-13-9-19)22(16-20)23(28)27-14-10-24(29,11-15-27)17-18-4-2-1-3-5-18/h1-9,12-13,16,29H,10-11,14-15,17H2. The number of likely N-dealkylation sites (tertiary alicyclic amines) is 1. The Morgan fingerprint density at radius 3 is 2.41 bits per heavy atom. The van der Waals surface area contributed by atoms with Gasteiger partial charge < -0.3 is 10.0 Å². The van der Waals surface area contributed by atoms with Gasteiger partial charge in [0.1, 0.15) is 0 Å². The van der Waals surface area contributed by atoms with E-state index in [9.17, 15) is 9.90 Å². The molecule has 2 heterocycles. The summed E-state index contributed by atoms with van der Waals surface area (Å²) >= 11 is 6.20. The summed E-state index contributed by atoms with van der Waals surface area (Å²) in [4.78, 5) is 19.2. The van der Waals surface area contributed by atoms with Gasteiger partial charge in [-0.2, -0.15) is 0 Å². The summed E-state index contributed by atoms with van der Waals surface area (Å²) in [6.07, 6.45) is 5.14. The molecule has 1 saturated heterocycles. The molecule has 0 atom stereocenters. The molecule has 0 spiro atoms. The number of aliphatic hydroxyl groups is 1. The van der Waals surface area contributed by atoms with Gasteiger partial charge in [-0.25, -0.2) is 0 Å². The van der Waals surface area contributed by atoms with Crippen LogP contribution in [0.1, 0.15) is 28.8 Å². The van der Waals surface area contributed by atoms with Crippen LogP contribution in [-0.4, -0.2) is 39.6 Å². The number of hydrogen-bond acceptors (Lipinski definition) is 3. The Morgan fingerprint density at radius 1 is 1.03 bits per heavy atom. The van der Waals surface area contributed by atoms with E-state index < -0.39 is 5.60 Å². The molecule has 0 bridgehead atoms. The molecule has 4 rings (SSSR count). The molecule has 1 aliphatic heterocycles. The molecule has 5 heteroatoms. The van der Waals surface area contributed by atoms with Gasteiger partial charge in [0.2, 0.25) is 0 Å². The minimum atomic E-state index is -0.777. The van der Waals surface area contributed by atoms with Gasteiger partial charge in [-0.3, -0.25) is 9.78 Å². The van der Waals surface area contributed by atoms with Crippen LogP contribution in [0.4, 0.5) is 0 Å². The molecular weight excluding hydrogens is 384 g/mol. The Labute approximate surface area is 175 Å². The van der Waals surface area contributed by atoms with Crippen LogP contribution in [0.2, 0.25) is 5.02 Å². The van der Waals surface area contributed by atoms with Crippen molar-refractivity contribution in [3.8, 4) is 11.1 Å². The van der Waals surface area contributed by atoms with Gasteiger partial charge in [-0.05, 0) is 53.8 Å². The zero-order valence-electron chi connectivity index (χ0n) is 16.1. The summed E-state index contributed by atoms with van der Waals surface area (Å²) < 4.78 is 0. The number of carbonyl (C=O) groups is 1. The van der Waals surface area contributed by atoms with Gasteiger partial charge in [0.15, 0.2) is 0 Å². The lowest BCUT2D eigenvalue weighted by atomic mass is 9.85. The monoisotopic (exact) mass is 406 g/mol. The number of rotatable bonds is 4. The predicted molar refractivity (Wildman–Crippen MR) is 115 cm³/mol. The van der Waals surface area contributed by atoms with Gasteiger partial charge >= 0.3 is 0 Å². The lowest BCUT2D eigenvalue weighted by Crippen LogP contribution is -2.47. The minimum Gasteiger partial charge on any atom is -0.389 e. The molecule has 148 valence electrons. The molecule has 0 unspecified atom stereocenters. The average molecular weight is 407 g/mol. The fourth-order valence-corrected chi connectivity index (χ4v) is 4.10. The molecule has 3 aromatic rings. The normalized spacial score (nSPS) is 15.9. The van der Waals surface area contributed by atoms with Gasteiger partial charge in [0.25, 0.3) is 5.91 Å². The summed E-state index contributed by atoms with van der Waals surface area (Å²) in [6.45, 7) is 1.04. The first kappa shape index (κ1) is 19.6. The van der Waals surface area contributed by atoms with E-state index in [1.165, 1.54) is 0 Å². The van der Waals surface area contributed by atoms with Crippen LogP contribution in [0, 0.1) is 0 Å². The molecule has 1 aliphatic rings. The zero-order chi connectivity index (χ0) is 20.3. The molecule has 1 amide bonds. The topological polar surface area (TPSA) is 53.4 Å². The second kappa shape index (κ2) is 8.36. The third-order valence-corrected chi connectivity index (χ3v) is 5.80. The van der Waals surface area contributed by atoms with E-state index in [-0.39, 0.29) is 5.91 Å². The summed E-state index contributed by atoms with van der Waals surface area (Å²) in [5.41, 5.74) is 2.69. The van der Waals surface area contributed by atoms with Crippen molar-refractivity contribution in [2.24, 2.45) is 0 Å². The number of nitrogens with zero attached hydrogens (tertiary/aromatic N) is 2. The number of aromatic nitrogens is 1. The Bertz CT molecular complexity index is 984. The van der Waals surface area contributed by atoms with E-state index in [0.29, 0.717) is 42.9 Å². The number of pyridine rings is 1. The molecule has 1 fully saturated rings. The van der Waals surface area contributed by atoms with Crippen LogP contribution >= 0.6 is 11.6 Å². The van der Waals surface area contributed by atoms with E-state index in [1.807, 2.05) is 53.4 Å². The van der Waals surface area contributed by atoms with E-state index >= 15 is 0 Å². The second-order valence-corrected chi connectivity index (χ2v) is 8.04. The maximum Gasteiger partial charge on any atom is 0.254 e. The number of carbonyl (C=O) groups excluding carboxylic acids is 1. The van der Waals surface area contributed by atoms with E-state index in [4.69, 9.17) is 11.6 Å². The molecule has 1 N–H and O–H groups in total. The van der Waals surface area contributed by atoms with Crippen LogP contribution in [-0.2, 0) is 6.42 Å². The van der Waals surface area contributed by atoms with E-state index in [0.717, 1.165) is 16.7 Å². The Morgan fingerprint density at radius 2 is 1.72 bits per heavy atom. The second-order valence-electron chi connectivity index (χ2n) is 7.60. The zero-order valence-corrected chi connectivity index (χ0v) is 16.8. The molecule has 29 heavy (non-hydrogen) atoms. The van der Waals surface area contributed by atoms with Crippen molar-refractivity contribution in [3.05, 3.63) is 89.2 Å². The fourth-order valence-electron chi connectivity index (χ4n) is 3.93. The number of piperidine rings is 1. The Balaban J connectivity index is 1.51. The van der Waals surface area contributed by atoms with Crippen molar-refractivity contribution >= 4 is 17.5 Å². The quantitative estimate of drug-likeness (QED) is 0.688. The lowest BCUT2D eigenvalue weighted by Gasteiger charge is -2.38. The van der Waals surface area contributed by atoms with Gasteiger partial charge in [0, 0.05) is 42.5 Å². The first-order valence-corrected chi connectivity index (χ1v) is 10.2. The average Bonchev–Trinajstić information content (AvgIpc) is 2.75. The van der Waals surface area contributed by atoms with Crippen molar-refractivity contribution in [1.29, 1.82) is 0 Å². The lowest BCUT2D eigenvalue weighted by molar-refractivity contribution is -0.0162. The summed E-state index contributed by atoms with van der Waals surface area (Å²) in [5.74, 6) is -0.0546. The predicted octanol–water partition coefficient (Wildman–Crippen LogP) is 4.61. The minimum absolute atomic E-state index is 0.0546. The summed E-state index contributed by atoms with van der Waals surface area (Å²) in [6, 6.07) is 19.2. The summed E-state index contributed by atoms with van der Waals surface area (Å²) in [5, 5.41) is 11.5. The van der Waals surface area contributed by atoms with Gasteiger partial charge in [0.05, 0.1) is 5.60 Å². The van der Waals surface area contributed by atoms with Crippen LogP contribution in [0.15, 0.2) is 73.1 Å². The van der Waals surface area contributed by atoms with Crippen LogP contribution in [0.3, 0.4) is 0 Å². The smallest absolute Gasteiger partial charge is 0.254 e. The van der Waals surface area contributed by atoms with Crippen LogP contribution < -0.4 is 0 Å². The third-order valence-electron chi connectivity index (χ3n) is 5.56. The summed E-state index contributed by atoms with van der Waals surface area (Å²) in [7, 11) is 0. The number of amides is 1. The van der Waals surface area contributed by atoms with Crippen LogP contribution in [0.25, 0.3) is 11.1 Å². The Kier molecular flexibility index (Phi) is 5.65. The Hall–Kier alpha value is -2.69. The molecule has 2 aromatic carbocycles. The number of benzene rings is 2. The maximum atomic E-state index is 13.3. The third kappa shape index (κ3) is 4.50. The van der Waals surface area contributed by atoms with Crippen molar-refractivity contribution in [3.63, 3.8) is 0 Å². The first-order valence-electron chi connectivity index (χ1n) is 9.80. The van der Waals surface area contributed by atoms with Crippen molar-refractivity contribution in [2.45, 2.75) is 24.9 Å². The van der Waals surface area contributed by atoms with Crippen LogP contribution in [0.5, 0.6) is 0 Å². The van der Waals surface area contributed by atoms with Crippen molar-refractivity contribution in [1.82, 2.24) is 9.88 Å². The number of halogens is 1. The highest BCUT2D eigenvalue weighted by atomic mass is 35.5. The van der Waals surface area contributed by atoms with E-state index in [1.54, 1.807) is 24.5 Å². The highest BCUT2D eigenvalue weighted by molar-refractivity contribution is 6.31. The molecule has 1 aromatic heterocycles. The fraction of sp³-hybridized carbons (Fsp3) is 0.250.